The summed E-state index contributed by atoms with van der Waals surface area (Å²) in [4.78, 5) is 35.8. The average molecular weight is 443 g/mol. The minimum atomic E-state index is -1.42. The number of ether oxygens (including phenoxy) is 1. The molecule has 0 radical (unpaired) electrons. The topological polar surface area (TPSA) is 163 Å². The highest BCUT2D eigenvalue weighted by atomic mass is 16.6. The number of rotatable bonds is 8. The number of imidazole rings is 1. The van der Waals surface area contributed by atoms with Crippen molar-refractivity contribution in [2.45, 2.75) is 43.8 Å². The van der Waals surface area contributed by atoms with Crippen molar-refractivity contribution in [1.29, 1.82) is 0 Å². The van der Waals surface area contributed by atoms with Crippen LogP contribution in [0.4, 0.5) is 5.95 Å². The van der Waals surface area contributed by atoms with Crippen LogP contribution in [0.1, 0.15) is 24.6 Å². The fourth-order valence-electron chi connectivity index (χ4n) is 3.78. The van der Waals surface area contributed by atoms with Gasteiger partial charge in [-0.25, -0.2) is 4.98 Å². The number of hydrogen-bond donors (Lipinski definition) is 5. The monoisotopic (exact) mass is 443 g/mol. The van der Waals surface area contributed by atoms with Gasteiger partial charge in [0.2, 0.25) is 5.95 Å². The average Bonchev–Trinajstić information content (AvgIpc) is 3.32. The summed E-state index contributed by atoms with van der Waals surface area (Å²) in [5.74, 6) is 0.0189. The molecule has 1 fully saturated rings. The van der Waals surface area contributed by atoms with E-state index in [0.29, 0.717) is 6.54 Å². The third-order valence-electron chi connectivity index (χ3n) is 5.48. The van der Waals surface area contributed by atoms with Gasteiger partial charge in [-0.1, -0.05) is 30.3 Å². The van der Waals surface area contributed by atoms with Crippen molar-refractivity contribution in [2.24, 2.45) is 0 Å². The van der Waals surface area contributed by atoms with Crippen molar-refractivity contribution >= 4 is 17.0 Å². The molecule has 0 spiro atoms. The lowest BCUT2D eigenvalue weighted by atomic mass is 10.1. The maximum atomic E-state index is 12.8. The first-order chi connectivity index (χ1) is 15.5. The molecular weight excluding hydrogens is 418 g/mol. The fraction of sp³-hybridized carbons (Fsp3) is 0.429. The number of aliphatic hydroxyl groups is 3. The van der Waals surface area contributed by atoms with Gasteiger partial charge < -0.3 is 25.4 Å². The van der Waals surface area contributed by atoms with E-state index in [1.54, 1.807) is 0 Å². The molecule has 5 N–H and O–H groups in total. The van der Waals surface area contributed by atoms with Crippen LogP contribution in [0.5, 0.6) is 0 Å². The van der Waals surface area contributed by atoms with E-state index in [1.165, 1.54) is 16.5 Å². The zero-order valence-corrected chi connectivity index (χ0v) is 17.2. The summed E-state index contributed by atoms with van der Waals surface area (Å²) in [6.45, 7) is -0.0100. The molecule has 1 aliphatic rings. The smallest absolute Gasteiger partial charge is 0.301 e. The number of anilines is 1. The van der Waals surface area contributed by atoms with E-state index in [9.17, 15) is 24.9 Å². The molecule has 2 aromatic heterocycles. The first-order valence-electron chi connectivity index (χ1n) is 10.4. The maximum absolute atomic E-state index is 12.8. The largest absolute Gasteiger partial charge is 0.394 e. The standard InChI is InChI=1S/C21H25N5O6/c27-10-13-16(28)17(29)20(32-13)26-11-23-14-15(26)19(31)25-21(24-18(14)30)22-9-5-4-8-12-6-2-1-3-7-12/h1-3,6-7,11,13,16-17,20,27-29H,4-5,8-10H2,(H2,22,24,25,30,31). The number of aryl methyl sites for hydroxylation is 1. The van der Waals surface area contributed by atoms with Gasteiger partial charge in [-0.15, -0.1) is 0 Å². The van der Waals surface area contributed by atoms with E-state index in [0.717, 1.165) is 19.3 Å². The Bertz CT molecular complexity index is 1180. The van der Waals surface area contributed by atoms with Crippen LogP contribution in [0.25, 0.3) is 11.0 Å². The lowest BCUT2D eigenvalue weighted by Gasteiger charge is -2.16. The molecule has 0 aliphatic carbocycles. The number of benzene rings is 1. The van der Waals surface area contributed by atoms with Gasteiger partial charge >= 0.3 is 5.56 Å². The van der Waals surface area contributed by atoms with Crippen LogP contribution in [0, 0.1) is 0 Å². The summed E-state index contributed by atoms with van der Waals surface area (Å²) in [5, 5.41) is 32.5. The van der Waals surface area contributed by atoms with Gasteiger partial charge in [0, 0.05) is 6.54 Å². The Kier molecular flexibility index (Phi) is 6.61. The number of hydrogen-bond acceptors (Lipinski definition) is 9. The molecule has 32 heavy (non-hydrogen) atoms. The predicted octanol–water partition coefficient (Wildman–Crippen LogP) is -0.474. The molecule has 170 valence electrons. The van der Waals surface area contributed by atoms with Gasteiger partial charge in [-0.2, -0.15) is 4.98 Å². The number of fused-ring (bicyclic) bond motifs is 1. The lowest BCUT2D eigenvalue weighted by Crippen LogP contribution is -2.33. The highest BCUT2D eigenvalue weighted by molar-refractivity contribution is 5.73. The van der Waals surface area contributed by atoms with Crippen molar-refractivity contribution in [2.75, 3.05) is 18.5 Å². The van der Waals surface area contributed by atoms with Gasteiger partial charge in [-0.05, 0) is 24.8 Å². The van der Waals surface area contributed by atoms with Crippen molar-refractivity contribution in [3.05, 3.63) is 62.9 Å². The third-order valence-corrected chi connectivity index (χ3v) is 5.48. The van der Waals surface area contributed by atoms with Crippen LogP contribution in [-0.2, 0) is 11.2 Å². The summed E-state index contributed by atoms with van der Waals surface area (Å²) >= 11 is 0. The van der Waals surface area contributed by atoms with E-state index in [2.05, 4.69) is 32.4 Å². The van der Waals surface area contributed by atoms with Gasteiger partial charge in [0.1, 0.15) is 23.8 Å². The van der Waals surface area contributed by atoms with Crippen molar-refractivity contribution in [1.82, 2.24) is 19.5 Å². The SMILES string of the molecule is O=c1nc(NCCCCc2ccccc2)[nH]c(=O)c2c1ncn2C1OC(CO)C(O)C1O. The lowest BCUT2D eigenvalue weighted by molar-refractivity contribution is -0.0509. The number of aromatic nitrogens is 4. The zero-order chi connectivity index (χ0) is 22.7. The Morgan fingerprint density at radius 3 is 2.62 bits per heavy atom. The summed E-state index contributed by atoms with van der Waals surface area (Å²) in [7, 11) is 0. The second-order valence-electron chi connectivity index (χ2n) is 7.67. The third kappa shape index (κ3) is 4.41. The van der Waals surface area contributed by atoms with Crippen molar-refractivity contribution < 1.29 is 20.1 Å². The Balaban J connectivity index is 1.50. The zero-order valence-electron chi connectivity index (χ0n) is 17.2. The van der Waals surface area contributed by atoms with E-state index >= 15 is 0 Å². The van der Waals surface area contributed by atoms with E-state index in [4.69, 9.17) is 4.74 Å². The minimum absolute atomic E-state index is 0.0189. The normalized spacial score (nSPS) is 23.0. The molecular formula is C21H25N5O6. The number of nitrogens with one attached hydrogen (secondary N) is 2. The summed E-state index contributed by atoms with van der Waals surface area (Å²) in [5.41, 5.74) is -0.478. The first-order valence-corrected chi connectivity index (χ1v) is 10.4. The number of aliphatic hydroxyl groups excluding tert-OH is 3. The Labute approximate surface area is 182 Å². The molecule has 4 unspecified atom stereocenters. The quantitative estimate of drug-likeness (QED) is 0.290. The Morgan fingerprint density at radius 2 is 1.91 bits per heavy atom. The van der Waals surface area contributed by atoms with Crippen LogP contribution in [0.15, 0.2) is 46.2 Å². The molecule has 0 saturated carbocycles. The molecule has 1 aliphatic heterocycles. The van der Waals surface area contributed by atoms with Crippen molar-refractivity contribution in [3.63, 3.8) is 0 Å². The molecule has 11 heteroatoms. The highest BCUT2D eigenvalue weighted by Gasteiger charge is 2.44. The molecule has 4 rings (SSSR count). The molecule has 11 nitrogen and oxygen atoms in total. The molecule has 1 aromatic carbocycles. The van der Waals surface area contributed by atoms with Crippen LogP contribution >= 0.6 is 0 Å². The molecule has 4 atom stereocenters. The van der Waals surface area contributed by atoms with Gasteiger partial charge in [0.05, 0.1) is 12.9 Å². The Morgan fingerprint density at radius 1 is 1.12 bits per heavy atom. The van der Waals surface area contributed by atoms with E-state index in [1.807, 2.05) is 18.2 Å². The summed E-state index contributed by atoms with van der Waals surface area (Å²) < 4.78 is 6.62. The fourth-order valence-corrected chi connectivity index (χ4v) is 3.78. The van der Waals surface area contributed by atoms with E-state index in [-0.39, 0.29) is 17.0 Å². The summed E-state index contributed by atoms with van der Waals surface area (Å²) in [6, 6.07) is 10.1. The summed E-state index contributed by atoms with van der Waals surface area (Å²) in [6.07, 6.45) is -1.17. The number of H-pyrrole nitrogens is 1. The van der Waals surface area contributed by atoms with Gasteiger partial charge in [-0.3, -0.25) is 19.1 Å². The minimum Gasteiger partial charge on any atom is -0.394 e. The highest BCUT2D eigenvalue weighted by Crippen LogP contribution is 2.30. The second-order valence-corrected chi connectivity index (χ2v) is 7.67. The van der Waals surface area contributed by atoms with Gasteiger partial charge in [0.15, 0.2) is 11.7 Å². The number of unbranched alkanes of at least 4 members (excludes halogenated alkanes) is 1. The van der Waals surface area contributed by atoms with Crippen LogP contribution in [-0.4, -0.2) is 66.3 Å². The predicted molar refractivity (Wildman–Crippen MR) is 115 cm³/mol. The molecule has 1 saturated heterocycles. The molecule has 0 amide bonds. The van der Waals surface area contributed by atoms with E-state index < -0.39 is 42.3 Å². The van der Waals surface area contributed by atoms with Crippen LogP contribution in [0.2, 0.25) is 0 Å². The van der Waals surface area contributed by atoms with Crippen molar-refractivity contribution in [3.8, 4) is 0 Å². The van der Waals surface area contributed by atoms with Crippen LogP contribution in [0.3, 0.4) is 0 Å². The Hall–Kier alpha value is -3.12. The van der Waals surface area contributed by atoms with Crippen LogP contribution < -0.4 is 16.4 Å². The molecule has 3 aromatic rings. The number of aromatic amines is 1. The molecule has 0 bridgehead atoms. The molecule has 3 heterocycles. The first kappa shape index (κ1) is 22.1. The number of nitrogens with zero attached hydrogens (tertiary/aromatic N) is 3. The maximum Gasteiger partial charge on any atom is 0.301 e. The second kappa shape index (κ2) is 9.57. The van der Waals surface area contributed by atoms with Gasteiger partial charge in [0.25, 0.3) is 5.56 Å².